The predicted octanol–water partition coefficient (Wildman–Crippen LogP) is 6.07. The smallest absolute Gasteiger partial charge is 0.264 e. The van der Waals surface area contributed by atoms with E-state index in [1.54, 1.807) is 42.5 Å². The molecule has 1 N–H and O–H groups in total. The van der Waals surface area contributed by atoms with Crippen molar-refractivity contribution in [3.63, 3.8) is 0 Å². The van der Waals surface area contributed by atoms with Gasteiger partial charge < -0.3 is 15.0 Å². The van der Waals surface area contributed by atoms with Gasteiger partial charge in [-0.05, 0) is 65.6 Å². The lowest BCUT2D eigenvalue weighted by Gasteiger charge is -2.34. The summed E-state index contributed by atoms with van der Waals surface area (Å²) in [6, 6.07) is 30.5. The van der Waals surface area contributed by atoms with Crippen LogP contribution < -0.4 is 14.4 Å². The number of anilines is 1. The van der Waals surface area contributed by atoms with E-state index in [0.29, 0.717) is 18.0 Å². The Hall–Kier alpha value is -4.15. The molecule has 0 aliphatic rings. The molecule has 4 aromatic rings. The zero-order valence-electron chi connectivity index (χ0n) is 25.6. The molecule has 0 aliphatic heterocycles. The summed E-state index contributed by atoms with van der Waals surface area (Å²) in [5.41, 5.74) is 1.96. The van der Waals surface area contributed by atoms with Crippen molar-refractivity contribution < 1.29 is 22.7 Å². The van der Waals surface area contributed by atoms with Crippen LogP contribution in [0.4, 0.5) is 5.69 Å². The van der Waals surface area contributed by atoms with E-state index in [-0.39, 0.29) is 29.7 Å². The molecule has 0 unspecified atom stereocenters. The average molecular weight is 693 g/mol. The fourth-order valence-corrected chi connectivity index (χ4v) is 6.46. The molecule has 0 aliphatic carbocycles. The first-order valence-corrected chi connectivity index (χ1v) is 16.9. The number of methoxy groups -OCH3 is 1. The van der Waals surface area contributed by atoms with Crippen molar-refractivity contribution in [2.24, 2.45) is 5.92 Å². The van der Waals surface area contributed by atoms with E-state index >= 15 is 0 Å². The normalized spacial score (nSPS) is 11.9. The second-order valence-corrected chi connectivity index (χ2v) is 13.8. The molecule has 236 valence electrons. The molecule has 1 atom stereocenters. The minimum atomic E-state index is -4.17. The van der Waals surface area contributed by atoms with E-state index in [9.17, 15) is 18.0 Å². The van der Waals surface area contributed by atoms with Gasteiger partial charge in [-0.1, -0.05) is 90.4 Å². The van der Waals surface area contributed by atoms with Gasteiger partial charge >= 0.3 is 0 Å². The Morgan fingerprint density at radius 1 is 0.822 bits per heavy atom. The summed E-state index contributed by atoms with van der Waals surface area (Å²) in [4.78, 5) is 29.8. The molecule has 0 heterocycles. The first-order chi connectivity index (χ1) is 21.6. The highest BCUT2D eigenvalue weighted by Gasteiger charge is 2.34. The van der Waals surface area contributed by atoms with Gasteiger partial charge in [0.1, 0.15) is 18.3 Å². The fraction of sp³-hybridized carbons (Fsp3) is 0.257. The van der Waals surface area contributed by atoms with Gasteiger partial charge in [-0.3, -0.25) is 13.9 Å². The van der Waals surface area contributed by atoms with Crippen molar-refractivity contribution in [1.29, 1.82) is 0 Å². The summed E-state index contributed by atoms with van der Waals surface area (Å²) in [7, 11) is -2.65. The standard InChI is InChI=1S/C35H38BrN3O5S/c1-26(2)23-37-35(41)33(22-27-10-6-4-7-11-27)38(24-28-14-16-29(36)17-15-28)34(40)25-39(30-18-20-31(44-3)21-19-30)45(42,43)32-12-8-5-9-13-32/h4-21,26,33H,22-25H2,1-3H3,(H,37,41)/t33-/m1/s1. The van der Waals surface area contributed by atoms with Gasteiger partial charge in [0.15, 0.2) is 0 Å². The van der Waals surface area contributed by atoms with E-state index in [1.807, 2.05) is 68.4 Å². The number of hydrogen-bond acceptors (Lipinski definition) is 5. The molecular formula is C35H38BrN3O5S. The molecule has 4 rings (SSSR count). The molecule has 0 bridgehead atoms. The van der Waals surface area contributed by atoms with Crippen LogP contribution >= 0.6 is 15.9 Å². The molecule has 0 aromatic heterocycles. The molecular weight excluding hydrogens is 654 g/mol. The third-order valence-corrected chi connectivity index (χ3v) is 9.51. The summed E-state index contributed by atoms with van der Waals surface area (Å²) in [6.45, 7) is 4.00. The van der Waals surface area contributed by atoms with Gasteiger partial charge in [-0.2, -0.15) is 0 Å². The van der Waals surface area contributed by atoms with E-state index < -0.39 is 28.5 Å². The molecule has 0 spiro atoms. The Morgan fingerprint density at radius 3 is 2.00 bits per heavy atom. The number of carbonyl (C=O) groups excluding carboxylic acids is 2. The monoisotopic (exact) mass is 691 g/mol. The lowest BCUT2D eigenvalue weighted by atomic mass is 10.0. The Labute approximate surface area is 274 Å². The van der Waals surface area contributed by atoms with Crippen molar-refractivity contribution in [1.82, 2.24) is 10.2 Å². The molecule has 0 fully saturated rings. The predicted molar refractivity (Wildman–Crippen MR) is 180 cm³/mol. The van der Waals surface area contributed by atoms with Crippen molar-refractivity contribution in [3.05, 3.63) is 125 Å². The molecule has 0 radical (unpaired) electrons. The summed E-state index contributed by atoms with van der Waals surface area (Å²) in [5.74, 6) is -0.0823. The van der Waals surface area contributed by atoms with Crippen LogP contribution in [0.15, 0.2) is 119 Å². The SMILES string of the molecule is COc1ccc(N(CC(=O)N(Cc2ccc(Br)cc2)[C@H](Cc2ccccc2)C(=O)NCC(C)C)S(=O)(=O)c2ccccc2)cc1. The maximum Gasteiger partial charge on any atom is 0.264 e. The van der Waals surface area contributed by atoms with Crippen LogP contribution in [-0.2, 0) is 32.6 Å². The number of halogens is 1. The Kier molecular flexibility index (Phi) is 11.8. The van der Waals surface area contributed by atoms with Crippen LogP contribution in [0.1, 0.15) is 25.0 Å². The Balaban J connectivity index is 1.78. The molecule has 2 amide bonds. The van der Waals surface area contributed by atoms with E-state index in [4.69, 9.17) is 4.74 Å². The van der Waals surface area contributed by atoms with Crippen LogP contribution in [0, 0.1) is 5.92 Å². The highest BCUT2D eigenvalue weighted by Crippen LogP contribution is 2.27. The Morgan fingerprint density at radius 2 is 1.42 bits per heavy atom. The number of rotatable bonds is 14. The summed E-state index contributed by atoms with van der Waals surface area (Å²) < 4.78 is 35.3. The quantitative estimate of drug-likeness (QED) is 0.173. The topological polar surface area (TPSA) is 96.0 Å². The first-order valence-electron chi connectivity index (χ1n) is 14.7. The third kappa shape index (κ3) is 9.18. The number of amides is 2. The number of nitrogens with one attached hydrogen (secondary N) is 1. The van der Waals surface area contributed by atoms with Gasteiger partial charge in [0.25, 0.3) is 10.0 Å². The van der Waals surface area contributed by atoms with E-state index in [1.165, 1.54) is 24.1 Å². The molecule has 0 saturated carbocycles. The summed E-state index contributed by atoms with van der Waals surface area (Å²) in [5, 5.41) is 3.00. The Bertz CT molecular complexity index is 1650. The average Bonchev–Trinajstić information content (AvgIpc) is 3.05. The van der Waals surface area contributed by atoms with Crippen molar-refractivity contribution >= 4 is 43.5 Å². The third-order valence-electron chi connectivity index (χ3n) is 7.19. The summed E-state index contributed by atoms with van der Waals surface area (Å²) >= 11 is 3.46. The molecule has 0 saturated heterocycles. The second kappa shape index (κ2) is 15.7. The van der Waals surface area contributed by atoms with Crippen LogP contribution in [0.3, 0.4) is 0 Å². The van der Waals surface area contributed by atoms with Gasteiger partial charge in [-0.25, -0.2) is 8.42 Å². The number of benzene rings is 4. The maximum atomic E-state index is 14.5. The van der Waals surface area contributed by atoms with Crippen LogP contribution in [0.25, 0.3) is 0 Å². The van der Waals surface area contributed by atoms with Gasteiger partial charge in [0.05, 0.1) is 17.7 Å². The second-order valence-electron chi connectivity index (χ2n) is 11.0. The highest BCUT2D eigenvalue weighted by molar-refractivity contribution is 9.10. The van der Waals surface area contributed by atoms with Gasteiger partial charge in [0.2, 0.25) is 11.8 Å². The number of ether oxygens (including phenoxy) is 1. The lowest BCUT2D eigenvalue weighted by molar-refractivity contribution is -0.140. The lowest BCUT2D eigenvalue weighted by Crippen LogP contribution is -2.53. The van der Waals surface area contributed by atoms with Crippen LogP contribution in [0.2, 0.25) is 0 Å². The van der Waals surface area contributed by atoms with E-state index in [0.717, 1.165) is 19.9 Å². The van der Waals surface area contributed by atoms with Crippen molar-refractivity contribution in [2.45, 2.75) is 37.8 Å². The summed E-state index contributed by atoms with van der Waals surface area (Å²) in [6.07, 6.45) is 0.251. The largest absolute Gasteiger partial charge is 0.497 e. The van der Waals surface area contributed by atoms with E-state index in [2.05, 4.69) is 21.2 Å². The molecule has 4 aromatic carbocycles. The zero-order chi connectivity index (χ0) is 32.4. The van der Waals surface area contributed by atoms with Crippen LogP contribution in [0.5, 0.6) is 5.75 Å². The first kappa shape index (κ1) is 33.7. The minimum absolute atomic E-state index is 0.0450. The number of sulfonamides is 1. The van der Waals surface area contributed by atoms with Crippen molar-refractivity contribution in [2.75, 3.05) is 24.5 Å². The minimum Gasteiger partial charge on any atom is -0.497 e. The molecule has 10 heteroatoms. The van der Waals surface area contributed by atoms with Gasteiger partial charge in [0, 0.05) is 24.0 Å². The molecule has 45 heavy (non-hydrogen) atoms. The van der Waals surface area contributed by atoms with Crippen LogP contribution in [-0.4, -0.2) is 51.4 Å². The number of nitrogens with zero attached hydrogens (tertiary/aromatic N) is 2. The number of hydrogen-bond donors (Lipinski definition) is 1. The van der Waals surface area contributed by atoms with Crippen molar-refractivity contribution in [3.8, 4) is 5.75 Å². The van der Waals surface area contributed by atoms with Gasteiger partial charge in [-0.15, -0.1) is 0 Å². The maximum absolute atomic E-state index is 14.5. The highest BCUT2D eigenvalue weighted by atomic mass is 79.9. The zero-order valence-corrected chi connectivity index (χ0v) is 28.0. The number of carbonyl (C=O) groups is 2. The fourth-order valence-electron chi connectivity index (χ4n) is 4.76. The molecule has 8 nitrogen and oxygen atoms in total.